The van der Waals surface area contributed by atoms with Gasteiger partial charge in [0.2, 0.25) is 5.91 Å². The molecule has 1 amide bonds. The van der Waals surface area contributed by atoms with Gasteiger partial charge in [-0.15, -0.1) is 0 Å². The number of aromatic nitrogens is 1. The van der Waals surface area contributed by atoms with Crippen LogP contribution in [-0.4, -0.2) is 31.8 Å². The quantitative estimate of drug-likeness (QED) is 0.545. The summed E-state index contributed by atoms with van der Waals surface area (Å²) in [5, 5.41) is 0.740. The third-order valence-electron chi connectivity index (χ3n) is 6.34. The van der Waals surface area contributed by atoms with Crippen LogP contribution in [0.25, 0.3) is 22.0 Å². The number of primary amides is 1. The van der Waals surface area contributed by atoms with Gasteiger partial charge >= 0.3 is 0 Å². The fourth-order valence-electron chi connectivity index (χ4n) is 4.04. The Hall–Kier alpha value is -3.48. The Kier molecular flexibility index (Phi) is 6.77. The van der Waals surface area contributed by atoms with E-state index in [0.717, 1.165) is 10.9 Å². The second-order valence-electron chi connectivity index (χ2n) is 7.79. The van der Waals surface area contributed by atoms with Crippen LogP contribution in [0.15, 0.2) is 47.3 Å². The Morgan fingerprint density at radius 1 is 0.938 bits per heavy atom. The molecule has 0 atom stereocenters. The molecular formula is C25H30N2O5. The molecule has 0 unspecified atom stereocenters. The Labute approximate surface area is 187 Å². The number of fused-ring (bicyclic) bond motifs is 1. The topological polar surface area (TPSA) is 92.8 Å². The molecule has 0 aliphatic carbocycles. The summed E-state index contributed by atoms with van der Waals surface area (Å²) in [6.45, 7) is 3.98. The SMILES string of the molecule is CCC(CC)(Cn1c(=O)c(-c2ccc(OC)cc2)cc2c(OC)cc(OC)cc21)C(N)=O. The predicted octanol–water partition coefficient (Wildman–Crippen LogP) is 3.99. The smallest absolute Gasteiger partial charge is 0.258 e. The molecule has 7 nitrogen and oxygen atoms in total. The zero-order valence-corrected chi connectivity index (χ0v) is 19.2. The highest BCUT2D eigenvalue weighted by Crippen LogP contribution is 2.35. The number of carbonyl (C=O) groups excluding carboxylic acids is 1. The van der Waals surface area contributed by atoms with Gasteiger partial charge < -0.3 is 24.5 Å². The monoisotopic (exact) mass is 438 g/mol. The maximum absolute atomic E-state index is 13.8. The summed E-state index contributed by atoms with van der Waals surface area (Å²) in [4.78, 5) is 26.2. The number of nitrogens with two attached hydrogens (primary N) is 1. The third-order valence-corrected chi connectivity index (χ3v) is 6.34. The van der Waals surface area contributed by atoms with Crippen molar-refractivity contribution < 1.29 is 19.0 Å². The van der Waals surface area contributed by atoms with Gasteiger partial charge in [0.25, 0.3) is 5.56 Å². The van der Waals surface area contributed by atoms with Crippen molar-refractivity contribution in [2.24, 2.45) is 11.1 Å². The zero-order valence-electron chi connectivity index (χ0n) is 19.2. The number of pyridine rings is 1. The fraction of sp³-hybridized carbons (Fsp3) is 0.360. The minimum atomic E-state index is -0.856. The number of benzene rings is 2. The van der Waals surface area contributed by atoms with E-state index in [4.69, 9.17) is 19.9 Å². The van der Waals surface area contributed by atoms with E-state index in [1.165, 1.54) is 0 Å². The van der Waals surface area contributed by atoms with E-state index < -0.39 is 11.3 Å². The van der Waals surface area contributed by atoms with Crippen LogP contribution in [-0.2, 0) is 11.3 Å². The molecule has 0 spiro atoms. The van der Waals surface area contributed by atoms with E-state index >= 15 is 0 Å². The van der Waals surface area contributed by atoms with Gasteiger partial charge in [0.05, 0.1) is 32.3 Å². The summed E-state index contributed by atoms with van der Waals surface area (Å²) in [7, 11) is 4.72. The molecule has 0 saturated carbocycles. The van der Waals surface area contributed by atoms with Crippen LogP contribution in [0.1, 0.15) is 26.7 Å². The highest BCUT2D eigenvalue weighted by Gasteiger charge is 2.34. The molecule has 0 aliphatic heterocycles. The van der Waals surface area contributed by atoms with Crippen LogP contribution in [0.5, 0.6) is 17.2 Å². The predicted molar refractivity (Wildman–Crippen MR) is 126 cm³/mol. The van der Waals surface area contributed by atoms with Gasteiger partial charge in [-0.3, -0.25) is 9.59 Å². The fourth-order valence-corrected chi connectivity index (χ4v) is 4.04. The van der Waals surface area contributed by atoms with Crippen molar-refractivity contribution in [1.29, 1.82) is 0 Å². The number of hydrogen-bond donors (Lipinski definition) is 1. The molecule has 0 saturated heterocycles. The van der Waals surface area contributed by atoms with Crippen LogP contribution < -0.4 is 25.5 Å². The van der Waals surface area contributed by atoms with Gasteiger partial charge in [-0.05, 0) is 36.6 Å². The normalized spacial score (nSPS) is 11.4. The van der Waals surface area contributed by atoms with Crippen LogP contribution in [0.2, 0.25) is 0 Å². The number of amides is 1. The third kappa shape index (κ3) is 4.02. The number of rotatable bonds is 9. The standard InChI is InChI=1S/C25H30N2O5/c1-6-25(7-2,24(26)29)15-27-21-12-18(31-4)13-22(32-5)20(21)14-19(23(27)28)16-8-10-17(30-3)11-9-16/h8-14H,6-7,15H2,1-5H3,(H2,26,29). The second-order valence-corrected chi connectivity index (χ2v) is 7.79. The van der Waals surface area contributed by atoms with Gasteiger partial charge in [0.1, 0.15) is 17.2 Å². The first-order valence-corrected chi connectivity index (χ1v) is 10.6. The molecule has 1 aromatic heterocycles. The van der Waals surface area contributed by atoms with Crippen molar-refractivity contribution in [2.75, 3.05) is 21.3 Å². The minimum absolute atomic E-state index is 0.158. The molecule has 0 radical (unpaired) electrons. The van der Waals surface area contributed by atoms with Crippen molar-refractivity contribution in [3.8, 4) is 28.4 Å². The summed E-state index contributed by atoms with van der Waals surface area (Å²) in [5.74, 6) is 1.40. The second kappa shape index (κ2) is 9.34. The van der Waals surface area contributed by atoms with Gasteiger partial charge in [0.15, 0.2) is 0 Å². The molecule has 7 heteroatoms. The minimum Gasteiger partial charge on any atom is -0.497 e. The Bertz CT molecular complexity index is 1180. The van der Waals surface area contributed by atoms with Crippen LogP contribution in [0, 0.1) is 5.41 Å². The number of hydrogen-bond acceptors (Lipinski definition) is 5. The summed E-state index contributed by atoms with van der Waals surface area (Å²) in [5.41, 5.74) is 6.59. The highest BCUT2D eigenvalue weighted by molar-refractivity contribution is 5.91. The maximum atomic E-state index is 13.8. The van der Waals surface area contributed by atoms with Crippen molar-refractivity contribution in [1.82, 2.24) is 4.57 Å². The van der Waals surface area contributed by atoms with E-state index in [1.54, 1.807) is 50.2 Å². The molecule has 2 N–H and O–H groups in total. The number of methoxy groups -OCH3 is 3. The average Bonchev–Trinajstić information content (AvgIpc) is 2.82. The summed E-state index contributed by atoms with van der Waals surface area (Å²) >= 11 is 0. The Morgan fingerprint density at radius 2 is 1.56 bits per heavy atom. The zero-order chi connectivity index (χ0) is 23.5. The van der Waals surface area contributed by atoms with E-state index in [-0.39, 0.29) is 12.1 Å². The van der Waals surface area contributed by atoms with Gasteiger partial charge in [0, 0.05) is 29.6 Å². The number of nitrogens with zero attached hydrogens (tertiary/aromatic N) is 1. The first kappa shape index (κ1) is 23.2. The lowest BCUT2D eigenvalue weighted by atomic mass is 9.81. The lowest BCUT2D eigenvalue weighted by molar-refractivity contribution is -0.129. The van der Waals surface area contributed by atoms with Crippen LogP contribution in [0.4, 0.5) is 0 Å². The van der Waals surface area contributed by atoms with Crippen molar-refractivity contribution in [3.63, 3.8) is 0 Å². The average molecular weight is 439 g/mol. The molecule has 3 aromatic rings. The van der Waals surface area contributed by atoms with Crippen molar-refractivity contribution >= 4 is 16.8 Å². The summed E-state index contributed by atoms with van der Waals surface area (Å²) in [6, 6.07) is 12.7. The lowest BCUT2D eigenvalue weighted by Gasteiger charge is -2.30. The number of ether oxygens (including phenoxy) is 3. The molecule has 0 aliphatic rings. The van der Waals surface area contributed by atoms with Crippen molar-refractivity contribution in [2.45, 2.75) is 33.2 Å². The lowest BCUT2D eigenvalue weighted by Crippen LogP contribution is -2.42. The van der Waals surface area contributed by atoms with E-state index in [1.807, 2.05) is 32.0 Å². The molecule has 2 aromatic carbocycles. The maximum Gasteiger partial charge on any atom is 0.258 e. The molecule has 0 bridgehead atoms. The largest absolute Gasteiger partial charge is 0.497 e. The van der Waals surface area contributed by atoms with E-state index in [0.29, 0.717) is 41.2 Å². The van der Waals surface area contributed by atoms with E-state index in [9.17, 15) is 9.59 Å². The Morgan fingerprint density at radius 3 is 2.06 bits per heavy atom. The highest BCUT2D eigenvalue weighted by atomic mass is 16.5. The van der Waals surface area contributed by atoms with Gasteiger partial charge in [-0.1, -0.05) is 26.0 Å². The van der Waals surface area contributed by atoms with Crippen molar-refractivity contribution in [3.05, 3.63) is 52.8 Å². The molecule has 0 fully saturated rings. The molecule has 32 heavy (non-hydrogen) atoms. The van der Waals surface area contributed by atoms with Crippen LogP contribution >= 0.6 is 0 Å². The van der Waals surface area contributed by atoms with E-state index in [2.05, 4.69) is 0 Å². The summed E-state index contributed by atoms with van der Waals surface area (Å²) < 4.78 is 17.9. The van der Waals surface area contributed by atoms with Crippen LogP contribution in [0.3, 0.4) is 0 Å². The van der Waals surface area contributed by atoms with Gasteiger partial charge in [-0.25, -0.2) is 0 Å². The summed E-state index contributed by atoms with van der Waals surface area (Å²) in [6.07, 6.45) is 1.03. The molecule has 170 valence electrons. The number of carbonyl (C=O) groups is 1. The molecular weight excluding hydrogens is 408 g/mol. The first-order chi connectivity index (χ1) is 15.3. The molecule has 1 heterocycles. The first-order valence-electron chi connectivity index (χ1n) is 10.6. The molecule has 3 rings (SSSR count). The van der Waals surface area contributed by atoms with Gasteiger partial charge in [-0.2, -0.15) is 0 Å². The Balaban J connectivity index is 2.39.